The molecule has 0 amide bonds. The van der Waals surface area contributed by atoms with E-state index in [0.29, 0.717) is 11.6 Å². The fourth-order valence-electron chi connectivity index (χ4n) is 4.47. The van der Waals surface area contributed by atoms with Crippen molar-refractivity contribution in [3.8, 4) is 0 Å². The van der Waals surface area contributed by atoms with Crippen molar-refractivity contribution < 1.29 is 14.4 Å². The van der Waals surface area contributed by atoms with Gasteiger partial charge in [0.05, 0.1) is 30.4 Å². The van der Waals surface area contributed by atoms with Crippen LogP contribution in [0.4, 0.5) is 0 Å². The molecule has 4 rings (SSSR count). The molecule has 0 spiro atoms. The number of aromatic nitrogens is 2. The molecule has 27 heavy (non-hydrogen) atoms. The summed E-state index contributed by atoms with van der Waals surface area (Å²) in [6.45, 7) is 3.81. The Hall–Kier alpha value is -2.66. The Morgan fingerprint density at radius 2 is 2.11 bits per heavy atom. The van der Waals surface area contributed by atoms with Gasteiger partial charge < -0.3 is 14.2 Å². The van der Waals surface area contributed by atoms with Crippen LogP contribution in [-0.2, 0) is 18.3 Å². The zero-order chi connectivity index (χ0) is 19.0. The predicted octanol–water partition coefficient (Wildman–Crippen LogP) is 2.59. The van der Waals surface area contributed by atoms with Crippen molar-refractivity contribution in [2.24, 2.45) is 7.05 Å². The number of benzene rings is 1. The van der Waals surface area contributed by atoms with E-state index < -0.39 is 0 Å². The van der Waals surface area contributed by atoms with Crippen LogP contribution < -0.4 is 4.90 Å². The zero-order valence-electron chi connectivity index (χ0n) is 16.2. The lowest BCUT2D eigenvalue weighted by atomic mass is 10.0. The van der Waals surface area contributed by atoms with Crippen LogP contribution in [0.1, 0.15) is 46.2 Å². The minimum Gasteiger partial charge on any atom is -0.465 e. The van der Waals surface area contributed by atoms with Crippen molar-refractivity contribution in [1.82, 2.24) is 9.55 Å². The monoisotopic (exact) mass is 364 g/mol. The normalized spacial score (nSPS) is 19.5. The standard InChI is InChI=1S/C22H25N3O2/c1-15-16-8-4-5-9-17(16)23-18(21(15)22(26)27-3)14-25-13-7-11-20(25)19-10-6-12-24(19)2/h4-6,8-10,12,20H,7,11,13-14H2,1-3H3/p+1/t20-/m0/s1. The van der Waals surface area contributed by atoms with E-state index in [0.717, 1.165) is 41.7 Å². The van der Waals surface area contributed by atoms with Crippen LogP contribution in [-0.4, -0.2) is 29.2 Å². The average Bonchev–Trinajstić information content (AvgIpc) is 3.30. The summed E-state index contributed by atoms with van der Waals surface area (Å²) < 4.78 is 7.30. The van der Waals surface area contributed by atoms with Gasteiger partial charge in [-0.2, -0.15) is 0 Å². The Balaban J connectivity index is 1.76. The maximum absolute atomic E-state index is 12.6. The van der Waals surface area contributed by atoms with Crippen LogP contribution >= 0.6 is 0 Å². The summed E-state index contributed by atoms with van der Waals surface area (Å²) in [7, 11) is 3.54. The van der Waals surface area contributed by atoms with Crippen LogP contribution in [0.5, 0.6) is 0 Å². The van der Waals surface area contributed by atoms with Crippen LogP contribution in [0.25, 0.3) is 10.9 Å². The number of aryl methyl sites for hydroxylation is 2. The summed E-state index contributed by atoms with van der Waals surface area (Å²) in [4.78, 5) is 18.9. The van der Waals surface area contributed by atoms with E-state index in [1.54, 1.807) is 0 Å². The third kappa shape index (κ3) is 3.12. The molecule has 1 N–H and O–H groups in total. The molecule has 1 fully saturated rings. The lowest BCUT2D eigenvalue weighted by Crippen LogP contribution is -3.09. The highest BCUT2D eigenvalue weighted by Crippen LogP contribution is 2.25. The number of carbonyl (C=O) groups is 1. The quantitative estimate of drug-likeness (QED) is 0.724. The fraction of sp³-hybridized carbons (Fsp3) is 0.364. The van der Waals surface area contributed by atoms with Crippen molar-refractivity contribution in [2.45, 2.75) is 32.4 Å². The van der Waals surface area contributed by atoms with Crippen LogP contribution in [0.15, 0.2) is 42.6 Å². The van der Waals surface area contributed by atoms with Gasteiger partial charge in [0, 0.05) is 31.5 Å². The highest BCUT2D eigenvalue weighted by Gasteiger charge is 2.33. The van der Waals surface area contributed by atoms with Gasteiger partial charge in [-0.3, -0.25) is 0 Å². The average molecular weight is 364 g/mol. The summed E-state index contributed by atoms with van der Waals surface area (Å²) in [5.74, 6) is -0.297. The molecule has 1 aliphatic rings. The molecule has 0 bridgehead atoms. The number of nitrogens with zero attached hydrogens (tertiary/aromatic N) is 2. The smallest absolute Gasteiger partial charge is 0.340 e. The third-order valence-electron chi connectivity index (χ3n) is 5.84. The fourth-order valence-corrected chi connectivity index (χ4v) is 4.47. The number of likely N-dealkylation sites (tertiary alicyclic amines) is 1. The van der Waals surface area contributed by atoms with E-state index in [2.05, 4.69) is 29.9 Å². The number of rotatable bonds is 4. The van der Waals surface area contributed by atoms with Gasteiger partial charge in [-0.05, 0) is 30.7 Å². The number of quaternary nitrogens is 1. The number of hydrogen-bond acceptors (Lipinski definition) is 3. The van der Waals surface area contributed by atoms with E-state index >= 15 is 0 Å². The number of ether oxygens (including phenoxy) is 1. The van der Waals surface area contributed by atoms with Crippen molar-refractivity contribution in [2.75, 3.05) is 13.7 Å². The number of esters is 1. The lowest BCUT2D eigenvalue weighted by Gasteiger charge is -2.23. The van der Waals surface area contributed by atoms with E-state index in [4.69, 9.17) is 9.72 Å². The molecular formula is C22H26N3O2+. The molecule has 140 valence electrons. The van der Waals surface area contributed by atoms with Crippen LogP contribution in [0.3, 0.4) is 0 Å². The largest absolute Gasteiger partial charge is 0.465 e. The van der Waals surface area contributed by atoms with E-state index in [1.165, 1.54) is 24.1 Å². The number of methoxy groups -OCH3 is 1. The summed E-state index contributed by atoms with van der Waals surface area (Å²) in [5, 5.41) is 1.01. The van der Waals surface area contributed by atoms with Gasteiger partial charge in [0.15, 0.2) is 0 Å². The molecular weight excluding hydrogens is 338 g/mol. The van der Waals surface area contributed by atoms with Gasteiger partial charge >= 0.3 is 5.97 Å². The van der Waals surface area contributed by atoms with Crippen molar-refractivity contribution >= 4 is 16.9 Å². The highest BCUT2D eigenvalue weighted by atomic mass is 16.5. The molecule has 1 aliphatic heterocycles. The molecule has 5 heteroatoms. The molecule has 2 aromatic heterocycles. The Kier molecular flexibility index (Phi) is 4.70. The Bertz CT molecular complexity index is 992. The van der Waals surface area contributed by atoms with Gasteiger partial charge in [0.2, 0.25) is 0 Å². The van der Waals surface area contributed by atoms with Crippen molar-refractivity contribution in [1.29, 1.82) is 0 Å². The summed E-state index contributed by atoms with van der Waals surface area (Å²) in [6.07, 6.45) is 4.45. The first-order valence-corrected chi connectivity index (χ1v) is 9.52. The minimum atomic E-state index is -0.297. The highest BCUT2D eigenvalue weighted by molar-refractivity contribution is 5.98. The first kappa shape index (κ1) is 17.7. The second kappa shape index (κ2) is 7.16. The molecule has 0 aliphatic carbocycles. The molecule has 0 saturated carbocycles. The van der Waals surface area contributed by atoms with Crippen molar-refractivity contribution in [3.05, 3.63) is 65.1 Å². The maximum atomic E-state index is 12.6. The summed E-state index contributed by atoms with van der Waals surface area (Å²) in [6, 6.07) is 12.7. The van der Waals surface area contributed by atoms with E-state index in [1.807, 2.05) is 31.2 Å². The lowest BCUT2D eigenvalue weighted by molar-refractivity contribution is -0.932. The number of pyridine rings is 1. The van der Waals surface area contributed by atoms with Gasteiger partial charge in [0.1, 0.15) is 18.3 Å². The molecule has 1 aromatic carbocycles. The zero-order valence-corrected chi connectivity index (χ0v) is 16.2. The third-order valence-corrected chi connectivity index (χ3v) is 5.84. The molecule has 1 unspecified atom stereocenters. The second-order valence-electron chi connectivity index (χ2n) is 7.39. The molecule has 2 atom stereocenters. The number of nitrogens with one attached hydrogen (secondary N) is 1. The first-order valence-electron chi connectivity index (χ1n) is 9.52. The molecule has 0 radical (unpaired) electrons. The minimum absolute atomic E-state index is 0.297. The van der Waals surface area contributed by atoms with Gasteiger partial charge in [-0.1, -0.05) is 18.2 Å². The maximum Gasteiger partial charge on any atom is 0.340 e. The number of para-hydroxylation sites is 1. The SMILES string of the molecule is COC(=O)c1c(C[NH+]2CCC[C@H]2c2cccn2C)nc2ccccc2c1C. The van der Waals surface area contributed by atoms with Crippen LogP contribution in [0.2, 0.25) is 0 Å². The molecule has 3 aromatic rings. The number of carbonyl (C=O) groups excluding carboxylic acids is 1. The Morgan fingerprint density at radius 3 is 2.85 bits per heavy atom. The van der Waals surface area contributed by atoms with Crippen molar-refractivity contribution in [3.63, 3.8) is 0 Å². The molecule has 5 nitrogen and oxygen atoms in total. The van der Waals surface area contributed by atoms with Gasteiger partial charge in [-0.15, -0.1) is 0 Å². The Morgan fingerprint density at radius 1 is 1.30 bits per heavy atom. The summed E-state index contributed by atoms with van der Waals surface area (Å²) in [5.41, 5.74) is 4.71. The summed E-state index contributed by atoms with van der Waals surface area (Å²) >= 11 is 0. The van der Waals surface area contributed by atoms with Crippen LogP contribution in [0, 0.1) is 6.92 Å². The second-order valence-corrected chi connectivity index (χ2v) is 7.39. The van der Waals surface area contributed by atoms with E-state index in [-0.39, 0.29) is 5.97 Å². The van der Waals surface area contributed by atoms with Gasteiger partial charge in [-0.25, -0.2) is 9.78 Å². The predicted molar refractivity (Wildman–Crippen MR) is 105 cm³/mol. The van der Waals surface area contributed by atoms with E-state index in [9.17, 15) is 4.79 Å². The number of hydrogen-bond donors (Lipinski definition) is 1. The first-order chi connectivity index (χ1) is 13.1. The molecule has 1 saturated heterocycles. The van der Waals surface area contributed by atoms with Gasteiger partial charge in [0.25, 0.3) is 0 Å². The number of fused-ring (bicyclic) bond motifs is 1. The Labute approximate surface area is 159 Å². The molecule has 3 heterocycles. The topological polar surface area (TPSA) is 48.6 Å².